The van der Waals surface area contributed by atoms with E-state index in [0.717, 1.165) is 17.8 Å². The largest absolute Gasteiger partial charge is 0.411 e. The third kappa shape index (κ3) is 4.09. The Morgan fingerprint density at radius 3 is 2.29 bits per heavy atom. The van der Waals surface area contributed by atoms with Crippen LogP contribution < -0.4 is 0 Å². The number of aromatic nitrogens is 2. The van der Waals surface area contributed by atoms with Gasteiger partial charge >= 0.3 is 0 Å². The van der Waals surface area contributed by atoms with Gasteiger partial charge < -0.3 is 4.42 Å². The Hall–Kier alpha value is -3.87. The van der Waals surface area contributed by atoms with Crippen LogP contribution in [0.2, 0.25) is 0 Å². The van der Waals surface area contributed by atoms with Gasteiger partial charge in [0.15, 0.2) is 0 Å². The molecule has 28 heavy (non-hydrogen) atoms. The van der Waals surface area contributed by atoms with Gasteiger partial charge in [-0.3, -0.25) is 30.3 Å². The monoisotopic (exact) mass is 403 g/mol. The van der Waals surface area contributed by atoms with Crippen molar-refractivity contribution in [1.82, 2.24) is 10.2 Å². The highest BCUT2D eigenvalue weighted by Crippen LogP contribution is 2.31. The average molecular weight is 403 g/mol. The van der Waals surface area contributed by atoms with Crippen LogP contribution in [-0.2, 0) is 5.75 Å². The smallest absolute Gasteiger partial charge is 0.280 e. The van der Waals surface area contributed by atoms with E-state index in [-0.39, 0.29) is 39.5 Å². The van der Waals surface area contributed by atoms with Crippen LogP contribution in [0.25, 0.3) is 11.5 Å². The van der Waals surface area contributed by atoms with Gasteiger partial charge in [0.1, 0.15) is 0 Å². The maximum atomic E-state index is 11.2. The third-order valence-corrected chi connectivity index (χ3v) is 4.41. The molecule has 3 aromatic rings. The molecule has 0 unspecified atom stereocenters. The number of hydrogen-bond acceptors (Lipinski definition) is 10. The highest BCUT2D eigenvalue weighted by molar-refractivity contribution is 7.98. The molecule has 0 saturated heterocycles. The number of nitro benzene ring substituents is 3. The first kappa shape index (κ1) is 18.9. The van der Waals surface area contributed by atoms with Crippen molar-refractivity contribution >= 4 is 28.8 Å². The second-order valence-corrected chi connectivity index (χ2v) is 6.22. The van der Waals surface area contributed by atoms with E-state index in [1.807, 2.05) is 0 Å². The second kappa shape index (κ2) is 7.79. The molecule has 0 spiro atoms. The Kier molecular flexibility index (Phi) is 5.26. The number of rotatable bonds is 7. The first-order valence-electron chi connectivity index (χ1n) is 7.48. The predicted octanol–water partition coefficient (Wildman–Crippen LogP) is 3.75. The summed E-state index contributed by atoms with van der Waals surface area (Å²) in [5.74, 6) is 0.120. The molecular weight excluding hydrogens is 394 g/mol. The van der Waals surface area contributed by atoms with E-state index in [4.69, 9.17) is 4.42 Å². The molecule has 1 heterocycles. The van der Waals surface area contributed by atoms with Gasteiger partial charge in [0.2, 0.25) is 5.89 Å². The van der Waals surface area contributed by atoms with Gasteiger partial charge in [0.25, 0.3) is 22.3 Å². The standard InChI is InChI=1S/C15H9N5O7S/c21-18(22)11-3-1-2-9(6-11)14-16-17-15(27-14)28-8-10-4-5-12(19(23)24)7-13(10)20(25)26/h1-7H,8H2. The number of benzene rings is 2. The molecule has 3 rings (SSSR count). The molecule has 0 saturated carbocycles. The lowest BCUT2D eigenvalue weighted by Gasteiger charge is -2.01. The molecule has 0 aliphatic heterocycles. The van der Waals surface area contributed by atoms with Gasteiger partial charge in [-0.05, 0) is 12.1 Å². The van der Waals surface area contributed by atoms with Crippen molar-refractivity contribution < 1.29 is 19.2 Å². The first-order valence-corrected chi connectivity index (χ1v) is 8.46. The van der Waals surface area contributed by atoms with Crippen molar-refractivity contribution in [2.75, 3.05) is 0 Å². The summed E-state index contributed by atoms with van der Waals surface area (Å²) in [5, 5.41) is 40.5. The van der Waals surface area contributed by atoms with Gasteiger partial charge in [-0.2, -0.15) is 0 Å². The summed E-state index contributed by atoms with van der Waals surface area (Å²) in [6.07, 6.45) is 0. The Morgan fingerprint density at radius 2 is 1.61 bits per heavy atom. The fourth-order valence-electron chi connectivity index (χ4n) is 2.23. The van der Waals surface area contributed by atoms with E-state index < -0.39 is 14.8 Å². The fourth-order valence-corrected chi connectivity index (χ4v) is 2.99. The van der Waals surface area contributed by atoms with Crippen LogP contribution in [-0.4, -0.2) is 25.0 Å². The van der Waals surface area contributed by atoms with Crippen LogP contribution in [0.3, 0.4) is 0 Å². The summed E-state index contributed by atoms with van der Waals surface area (Å²) >= 11 is 0.997. The number of thioether (sulfide) groups is 1. The quantitative estimate of drug-likeness (QED) is 0.321. The lowest BCUT2D eigenvalue weighted by molar-refractivity contribution is -0.394. The number of hydrogen-bond donors (Lipinski definition) is 0. The summed E-state index contributed by atoms with van der Waals surface area (Å²) in [6.45, 7) is 0. The summed E-state index contributed by atoms with van der Waals surface area (Å²) < 4.78 is 5.43. The summed E-state index contributed by atoms with van der Waals surface area (Å²) in [4.78, 5) is 30.8. The van der Waals surface area contributed by atoms with E-state index >= 15 is 0 Å². The molecule has 0 bridgehead atoms. The minimum atomic E-state index is -0.715. The molecule has 0 aliphatic carbocycles. The zero-order valence-electron chi connectivity index (χ0n) is 13.8. The van der Waals surface area contributed by atoms with Crippen molar-refractivity contribution in [3.8, 4) is 11.5 Å². The van der Waals surface area contributed by atoms with Crippen LogP contribution in [0.4, 0.5) is 17.1 Å². The zero-order chi connectivity index (χ0) is 20.3. The molecule has 0 aliphatic rings. The van der Waals surface area contributed by atoms with E-state index in [0.29, 0.717) is 5.56 Å². The maximum Gasteiger partial charge on any atom is 0.280 e. The minimum absolute atomic E-state index is 0.0596. The molecular formula is C15H9N5O7S. The van der Waals surface area contributed by atoms with Gasteiger partial charge in [0.05, 0.1) is 20.8 Å². The molecule has 142 valence electrons. The van der Waals surface area contributed by atoms with Crippen molar-refractivity contribution in [2.24, 2.45) is 0 Å². The van der Waals surface area contributed by atoms with Gasteiger partial charge in [-0.15, -0.1) is 10.2 Å². The van der Waals surface area contributed by atoms with Crippen molar-refractivity contribution in [3.63, 3.8) is 0 Å². The topological polar surface area (TPSA) is 168 Å². The van der Waals surface area contributed by atoms with Gasteiger partial charge in [-0.1, -0.05) is 17.8 Å². The van der Waals surface area contributed by atoms with E-state index in [2.05, 4.69) is 10.2 Å². The van der Waals surface area contributed by atoms with E-state index in [1.54, 1.807) is 6.07 Å². The molecule has 12 nitrogen and oxygen atoms in total. The second-order valence-electron chi connectivity index (χ2n) is 5.30. The highest BCUT2D eigenvalue weighted by Gasteiger charge is 2.20. The zero-order valence-corrected chi connectivity index (χ0v) is 14.6. The lowest BCUT2D eigenvalue weighted by Crippen LogP contribution is -1.97. The van der Waals surface area contributed by atoms with Crippen molar-refractivity contribution in [2.45, 2.75) is 11.0 Å². The molecule has 13 heteroatoms. The number of non-ortho nitro benzene ring substituents is 2. The summed E-state index contributed by atoms with van der Waals surface area (Å²) in [6, 6.07) is 9.00. The molecule has 0 radical (unpaired) electrons. The summed E-state index contributed by atoms with van der Waals surface area (Å²) in [7, 11) is 0. The Bertz CT molecular complexity index is 1080. The van der Waals surface area contributed by atoms with Crippen LogP contribution in [0.5, 0.6) is 0 Å². The fraction of sp³-hybridized carbons (Fsp3) is 0.0667. The molecule has 0 fully saturated rings. The van der Waals surface area contributed by atoms with Crippen LogP contribution in [0.15, 0.2) is 52.1 Å². The average Bonchev–Trinajstić information content (AvgIpc) is 3.15. The van der Waals surface area contributed by atoms with Gasteiger partial charge in [0, 0.05) is 35.1 Å². The van der Waals surface area contributed by atoms with Crippen molar-refractivity contribution in [3.05, 3.63) is 78.4 Å². The highest BCUT2D eigenvalue weighted by atomic mass is 32.2. The Morgan fingerprint density at radius 1 is 0.893 bits per heavy atom. The van der Waals surface area contributed by atoms with E-state index in [9.17, 15) is 30.3 Å². The first-order chi connectivity index (χ1) is 13.3. The number of nitrogens with zero attached hydrogens (tertiary/aromatic N) is 5. The van der Waals surface area contributed by atoms with Gasteiger partial charge in [-0.25, -0.2) is 0 Å². The molecule has 0 N–H and O–H groups in total. The molecule has 0 atom stereocenters. The normalized spacial score (nSPS) is 10.6. The van der Waals surface area contributed by atoms with Crippen LogP contribution in [0, 0.1) is 30.3 Å². The maximum absolute atomic E-state index is 11.2. The Balaban J connectivity index is 1.78. The SMILES string of the molecule is O=[N+]([O-])c1cccc(-c2nnc(SCc3ccc([N+](=O)[O-])cc3[N+](=O)[O-])o2)c1. The van der Waals surface area contributed by atoms with Crippen LogP contribution in [0.1, 0.15) is 5.56 Å². The Labute approximate surface area is 159 Å². The molecule has 2 aromatic carbocycles. The molecule has 0 amide bonds. The minimum Gasteiger partial charge on any atom is -0.411 e. The predicted molar refractivity (Wildman–Crippen MR) is 95.7 cm³/mol. The molecule has 1 aromatic heterocycles. The van der Waals surface area contributed by atoms with Crippen LogP contribution >= 0.6 is 11.8 Å². The lowest BCUT2D eigenvalue weighted by atomic mass is 10.2. The van der Waals surface area contributed by atoms with Crippen molar-refractivity contribution in [1.29, 1.82) is 0 Å². The van der Waals surface area contributed by atoms with E-state index in [1.165, 1.54) is 30.3 Å². The third-order valence-electron chi connectivity index (χ3n) is 3.54. The number of nitro groups is 3. The summed E-state index contributed by atoms with van der Waals surface area (Å²) in [5.41, 5.74) is -0.303.